The second kappa shape index (κ2) is 7.79. The molecule has 0 saturated heterocycles. The first-order chi connectivity index (χ1) is 9.40. The van der Waals surface area contributed by atoms with Crippen molar-refractivity contribution in [2.75, 3.05) is 18.4 Å². The molecule has 0 aromatic heterocycles. The van der Waals surface area contributed by atoms with E-state index in [1.807, 2.05) is 13.8 Å². The Labute approximate surface area is 123 Å². The fourth-order valence-electron chi connectivity index (χ4n) is 1.55. The van der Waals surface area contributed by atoms with E-state index in [2.05, 4.69) is 10.6 Å². The van der Waals surface area contributed by atoms with Crippen LogP contribution in [-0.4, -0.2) is 24.0 Å². The molecular formula is C14H20FN3OS. The zero-order valence-electron chi connectivity index (χ0n) is 11.7. The van der Waals surface area contributed by atoms with E-state index in [1.165, 1.54) is 12.1 Å². The van der Waals surface area contributed by atoms with Crippen molar-refractivity contribution in [1.82, 2.24) is 5.32 Å². The highest BCUT2D eigenvalue weighted by atomic mass is 32.1. The predicted molar refractivity (Wildman–Crippen MR) is 83.2 cm³/mol. The smallest absolute Gasteiger partial charge is 0.221 e. The normalized spacial score (nSPS) is 10.4. The van der Waals surface area contributed by atoms with Crippen molar-refractivity contribution in [3.05, 3.63) is 29.6 Å². The summed E-state index contributed by atoms with van der Waals surface area (Å²) in [5.41, 5.74) is 6.20. The van der Waals surface area contributed by atoms with Crippen LogP contribution in [-0.2, 0) is 4.79 Å². The summed E-state index contributed by atoms with van der Waals surface area (Å²) in [7, 11) is 0. The maximum atomic E-state index is 13.6. The monoisotopic (exact) mass is 297 g/mol. The number of carbonyl (C=O) groups is 1. The first-order valence-electron chi connectivity index (χ1n) is 6.50. The molecule has 1 aromatic carbocycles. The van der Waals surface area contributed by atoms with Gasteiger partial charge in [-0.1, -0.05) is 26.1 Å². The minimum atomic E-state index is -0.466. The largest absolute Gasteiger partial charge is 0.389 e. The van der Waals surface area contributed by atoms with Gasteiger partial charge in [0.15, 0.2) is 0 Å². The van der Waals surface area contributed by atoms with Crippen molar-refractivity contribution in [2.45, 2.75) is 20.3 Å². The summed E-state index contributed by atoms with van der Waals surface area (Å²) in [6.45, 7) is 5.17. The Hall–Kier alpha value is -1.69. The maximum absolute atomic E-state index is 13.6. The number of nitrogens with one attached hydrogen (secondary N) is 2. The summed E-state index contributed by atoms with van der Waals surface area (Å²) in [5.74, 6) is -0.0631. The molecular weight excluding hydrogens is 277 g/mol. The van der Waals surface area contributed by atoms with Crippen LogP contribution in [0.1, 0.15) is 25.8 Å². The SMILES string of the molecule is CC(C)CNC(=O)CCNc1ccc(C(N)=S)c(F)c1. The van der Waals surface area contributed by atoms with Crippen molar-refractivity contribution < 1.29 is 9.18 Å². The number of thiocarbonyl (C=S) groups is 1. The Morgan fingerprint density at radius 1 is 1.45 bits per heavy atom. The van der Waals surface area contributed by atoms with Crippen LogP contribution in [0.15, 0.2) is 18.2 Å². The first-order valence-corrected chi connectivity index (χ1v) is 6.91. The van der Waals surface area contributed by atoms with Crippen molar-refractivity contribution in [3.8, 4) is 0 Å². The van der Waals surface area contributed by atoms with Crippen molar-refractivity contribution in [2.24, 2.45) is 11.7 Å². The number of hydrogen-bond acceptors (Lipinski definition) is 3. The minimum absolute atomic E-state index is 0.0218. The van der Waals surface area contributed by atoms with Gasteiger partial charge in [0.05, 0.1) is 0 Å². The molecule has 1 amide bonds. The van der Waals surface area contributed by atoms with Gasteiger partial charge in [0.25, 0.3) is 0 Å². The van der Waals surface area contributed by atoms with Gasteiger partial charge in [-0.2, -0.15) is 0 Å². The summed E-state index contributed by atoms with van der Waals surface area (Å²) < 4.78 is 13.6. The lowest BCUT2D eigenvalue weighted by atomic mass is 10.2. The molecule has 1 aromatic rings. The van der Waals surface area contributed by atoms with E-state index in [4.69, 9.17) is 18.0 Å². The van der Waals surface area contributed by atoms with Gasteiger partial charge in [-0.15, -0.1) is 0 Å². The van der Waals surface area contributed by atoms with Crippen LogP contribution in [0.2, 0.25) is 0 Å². The topological polar surface area (TPSA) is 67.2 Å². The lowest BCUT2D eigenvalue weighted by Gasteiger charge is -2.10. The fourth-order valence-corrected chi connectivity index (χ4v) is 1.72. The van der Waals surface area contributed by atoms with Gasteiger partial charge in [0, 0.05) is 30.8 Å². The molecule has 0 aliphatic rings. The van der Waals surface area contributed by atoms with E-state index in [0.29, 0.717) is 31.1 Å². The second-order valence-corrected chi connectivity index (χ2v) is 5.37. The highest BCUT2D eigenvalue weighted by molar-refractivity contribution is 7.80. The zero-order chi connectivity index (χ0) is 15.1. The van der Waals surface area contributed by atoms with Crippen LogP contribution < -0.4 is 16.4 Å². The Morgan fingerprint density at radius 2 is 2.15 bits per heavy atom. The summed E-state index contributed by atoms with van der Waals surface area (Å²) >= 11 is 4.73. The Bertz CT molecular complexity index is 491. The highest BCUT2D eigenvalue weighted by Crippen LogP contribution is 2.14. The number of carbonyl (C=O) groups excluding carboxylic acids is 1. The molecule has 110 valence electrons. The Morgan fingerprint density at radius 3 is 2.70 bits per heavy atom. The zero-order valence-corrected chi connectivity index (χ0v) is 12.5. The van der Waals surface area contributed by atoms with Gasteiger partial charge in [0.2, 0.25) is 5.91 Å². The number of anilines is 1. The van der Waals surface area contributed by atoms with E-state index in [9.17, 15) is 9.18 Å². The van der Waals surface area contributed by atoms with E-state index in [0.717, 1.165) is 0 Å². The summed E-state index contributed by atoms with van der Waals surface area (Å²) in [4.78, 5) is 11.5. The number of nitrogens with two attached hydrogens (primary N) is 1. The van der Waals surface area contributed by atoms with E-state index in [1.54, 1.807) is 6.07 Å². The van der Waals surface area contributed by atoms with E-state index in [-0.39, 0.29) is 16.5 Å². The molecule has 4 nitrogen and oxygen atoms in total. The van der Waals surface area contributed by atoms with Crippen molar-refractivity contribution >= 4 is 28.8 Å². The second-order valence-electron chi connectivity index (χ2n) is 4.93. The van der Waals surface area contributed by atoms with Crippen LogP contribution in [0.3, 0.4) is 0 Å². The lowest BCUT2D eigenvalue weighted by molar-refractivity contribution is -0.120. The van der Waals surface area contributed by atoms with Crippen LogP contribution in [0.5, 0.6) is 0 Å². The van der Waals surface area contributed by atoms with Crippen molar-refractivity contribution in [1.29, 1.82) is 0 Å². The molecule has 0 spiro atoms. The molecule has 1 rings (SSSR count). The molecule has 20 heavy (non-hydrogen) atoms. The predicted octanol–water partition coefficient (Wildman–Crippen LogP) is 2.03. The average Bonchev–Trinajstić information content (AvgIpc) is 2.36. The van der Waals surface area contributed by atoms with Gasteiger partial charge in [0.1, 0.15) is 10.8 Å². The summed E-state index contributed by atoms with van der Waals surface area (Å²) in [6.07, 6.45) is 0.339. The molecule has 0 aliphatic carbocycles. The van der Waals surface area contributed by atoms with Crippen LogP contribution in [0.4, 0.5) is 10.1 Å². The van der Waals surface area contributed by atoms with E-state index >= 15 is 0 Å². The van der Waals surface area contributed by atoms with Crippen LogP contribution >= 0.6 is 12.2 Å². The Balaban J connectivity index is 2.41. The Kier molecular flexibility index (Phi) is 6.38. The quantitative estimate of drug-likeness (QED) is 0.674. The fraction of sp³-hybridized carbons (Fsp3) is 0.429. The van der Waals surface area contributed by atoms with E-state index < -0.39 is 5.82 Å². The number of halogens is 1. The molecule has 0 saturated carbocycles. The van der Waals surface area contributed by atoms with Crippen LogP contribution in [0.25, 0.3) is 0 Å². The molecule has 0 bridgehead atoms. The number of rotatable bonds is 7. The summed E-state index contributed by atoms with van der Waals surface area (Å²) in [5, 5.41) is 5.80. The first kappa shape index (κ1) is 16.4. The van der Waals surface area contributed by atoms with Gasteiger partial charge < -0.3 is 16.4 Å². The van der Waals surface area contributed by atoms with Gasteiger partial charge in [-0.05, 0) is 24.1 Å². The molecule has 0 unspecified atom stereocenters. The molecule has 6 heteroatoms. The lowest BCUT2D eigenvalue weighted by Crippen LogP contribution is -2.28. The summed E-state index contributed by atoms with van der Waals surface area (Å²) in [6, 6.07) is 4.53. The highest BCUT2D eigenvalue weighted by Gasteiger charge is 2.06. The van der Waals surface area contributed by atoms with Crippen molar-refractivity contribution in [3.63, 3.8) is 0 Å². The van der Waals surface area contributed by atoms with Gasteiger partial charge in [-0.3, -0.25) is 4.79 Å². The molecule has 0 aliphatic heterocycles. The molecule has 0 heterocycles. The number of hydrogen-bond donors (Lipinski definition) is 3. The molecule has 0 radical (unpaired) electrons. The van der Waals surface area contributed by atoms with Crippen LogP contribution in [0, 0.1) is 11.7 Å². The third kappa shape index (κ3) is 5.52. The number of benzene rings is 1. The minimum Gasteiger partial charge on any atom is -0.389 e. The van der Waals surface area contributed by atoms with Gasteiger partial charge in [-0.25, -0.2) is 4.39 Å². The molecule has 4 N–H and O–H groups in total. The third-order valence-electron chi connectivity index (χ3n) is 2.62. The molecule has 0 atom stereocenters. The third-order valence-corrected chi connectivity index (χ3v) is 2.84. The maximum Gasteiger partial charge on any atom is 0.221 e. The average molecular weight is 297 g/mol. The molecule has 0 fully saturated rings. The standard InChI is InChI=1S/C14H20FN3OS/c1-9(2)8-18-13(19)5-6-17-10-3-4-11(14(16)20)12(15)7-10/h3-4,7,9,17H,5-6,8H2,1-2H3,(H2,16,20)(H,18,19). The number of amides is 1. The van der Waals surface area contributed by atoms with Gasteiger partial charge >= 0.3 is 0 Å².